The summed E-state index contributed by atoms with van der Waals surface area (Å²) < 4.78 is 0. The molecule has 0 rings (SSSR count). The van der Waals surface area contributed by atoms with Crippen molar-refractivity contribution < 1.29 is 12.4 Å². The Morgan fingerprint density at radius 2 is 0.833 bits per heavy atom. The largest absolute Gasteiger partial charge is 1.00 e. The minimum absolute atomic E-state index is 0. The molecule has 0 heterocycles. The second kappa shape index (κ2) is 71.0. The first kappa shape index (κ1) is 25.0. The second-order valence-electron chi connectivity index (χ2n) is 0. The summed E-state index contributed by atoms with van der Waals surface area (Å²) in [7, 11) is 0. The zero-order valence-corrected chi connectivity index (χ0v) is 9.88. The van der Waals surface area contributed by atoms with E-state index in [2.05, 4.69) is 36.0 Å². The van der Waals surface area contributed by atoms with Gasteiger partial charge in [-0.1, -0.05) is 0 Å². The van der Waals surface area contributed by atoms with Crippen molar-refractivity contribution in [3.05, 3.63) is 12.8 Å². The van der Waals surface area contributed by atoms with Crippen molar-refractivity contribution in [1.29, 1.82) is 0 Å². The Balaban J connectivity index is -0.00000000500. The first-order valence-electron chi connectivity index (χ1n) is 0.535. The fraction of sp³-hybridized carbons (Fsp3) is 0. The van der Waals surface area contributed by atoms with Gasteiger partial charge < -0.3 is 12.4 Å². The van der Waals surface area contributed by atoms with E-state index < -0.39 is 0 Å². The summed E-state index contributed by atoms with van der Waals surface area (Å²) in [5.41, 5.74) is 0. The molecule has 0 N–H and O–H groups in total. The van der Waals surface area contributed by atoms with Gasteiger partial charge in [0.1, 0.15) is 0 Å². The maximum atomic E-state index is 4.39. The Kier molecular flexibility index (Phi) is 296. The molecule has 36 valence electrons. The molecule has 0 atom stereocenters. The topological polar surface area (TPSA) is 0 Å². The number of hydrogen-bond donors (Lipinski definition) is 0. The van der Waals surface area contributed by atoms with Crippen molar-refractivity contribution in [2.75, 3.05) is 0 Å². The van der Waals surface area contributed by atoms with Gasteiger partial charge in [-0.05, 0) is 0 Å². The number of rotatable bonds is 0. The van der Waals surface area contributed by atoms with E-state index in [9.17, 15) is 0 Å². The van der Waals surface area contributed by atoms with Crippen LogP contribution in [0.2, 0.25) is 0 Å². The van der Waals surface area contributed by atoms with E-state index in [1.165, 1.54) is 0 Å². The minimum atomic E-state index is 0. The zero-order chi connectivity index (χ0) is 4.00. The van der Waals surface area contributed by atoms with Gasteiger partial charge in [-0.25, -0.2) is 0 Å². The molecular formula is C2H4Cl3Tl. The van der Waals surface area contributed by atoms with Crippen LogP contribution in [-0.4, -0.2) is 27.3 Å². The average molecular weight is 339 g/mol. The quantitative estimate of drug-likeness (QED) is 0.480. The average Bonchev–Trinajstić information content (AvgIpc) is 1.50. The van der Waals surface area contributed by atoms with Gasteiger partial charge in [-0.15, -0.1) is 23.2 Å². The van der Waals surface area contributed by atoms with Gasteiger partial charge >= 0.3 is 27.3 Å². The maximum Gasteiger partial charge on any atom is 1.00 e. The second-order valence-corrected chi connectivity index (χ2v) is 0. The molecule has 0 aliphatic rings. The molecule has 0 aromatic rings. The standard InChI is InChI=1S/2CH2Cl.ClH.Tl/c2*1-2;;/h2*1H2;1H;/q;;;+1/p-1. The number of halogens is 3. The van der Waals surface area contributed by atoms with Crippen LogP contribution in [-0.2, 0) is 0 Å². The summed E-state index contributed by atoms with van der Waals surface area (Å²) in [6.07, 6.45) is 5.44. The summed E-state index contributed by atoms with van der Waals surface area (Å²) in [6, 6.07) is 0. The summed E-state index contributed by atoms with van der Waals surface area (Å²) in [4.78, 5) is 0. The monoisotopic (exact) mass is 338 g/mol. The molecule has 0 saturated carbocycles. The Morgan fingerprint density at radius 1 is 0.833 bits per heavy atom. The van der Waals surface area contributed by atoms with Crippen LogP contribution in [0, 0.1) is 12.8 Å². The Bertz CT molecular complexity index is 8.75. The molecule has 0 spiro atoms. The van der Waals surface area contributed by atoms with Crippen LogP contribution in [0.5, 0.6) is 0 Å². The maximum absolute atomic E-state index is 4.39. The van der Waals surface area contributed by atoms with E-state index in [1.807, 2.05) is 0 Å². The third-order valence-electron chi connectivity index (χ3n) is 0. The fourth-order valence-electron chi connectivity index (χ4n) is 0. The van der Waals surface area contributed by atoms with Crippen LogP contribution in [0.1, 0.15) is 0 Å². The number of hydrogen-bond acceptors (Lipinski definition) is 0. The van der Waals surface area contributed by atoms with E-state index in [1.54, 1.807) is 0 Å². The summed E-state index contributed by atoms with van der Waals surface area (Å²) >= 11 is 8.78. The van der Waals surface area contributed by atoms with Crippen molar-refractivity contribution >= 4 is 50.5 Å². The molecule has 6 heavy (non-hydrogen) atoms. The van der Waals surface area contributed by atoms with Crippen LogP contribution in [0.15, 0.2) is 0 Å². The SMILES string of the molecule is [CH2]Cl.[CH2]Cl.[Cl-].[Tl+]. The van der Waals surface area contributed by atoms with E-state index in [0.29, 0.717) is 0 Å². The predicted octanol–water partition coefficient (Wildman–Crippen LogP) is -1.34. The van der Waals surface area contributed by atoms with Gasteiger partial charge in [0.05, 0.1) is 0 Å². The van der Waals surface area contributed by atoms with Crippen molar-refractivity contribution in [1.82, 2.24) is 0 Å². The molecule has 0 nitrogen and oxygen atoms in total. The smallest absolute Gasteiger partial charge is 1.00 e. The third kappa shape index (κ3) is 41.4. The van der Waals surface area contributed by atoms with Gasteiger partial charge in [0, 0.05) is 12.8 Å². The van der Waals surface area contributed by atoms with Gasteiger partial charge in [0.15, 0.2) is 0 Å². The van der Waals surface area contributed by atoms with Gasteiger partial charge in [-0.2, -0.15) is 0 Å². The van der Waals surface area contributed by atoms with Crippen molar-refractivity contribution in [3.8, 4) is 0 Å². The van der Waals surface area contributed by atoms with Crippen molar-refractivity contribution in [2.24, 2.45) is 0 Å². The van der Waals surface area contributed by atoms with E-state index in [0.717, 1.165) is 0 Å². The Hall–Kier alpha value is 1.79. The van der Waals surface area contributed by atoms with Crippen molar-refractivity contribution in [2.45, 2.75) is 0 Å². The molecule has 0 aliphatic carbocycles. The molecule has 2 radical (unpaired) electrons. The van der Waals surface area contributed by atoms with Crippen LogP contribution in [0.25, 0.3) is 0 Å². The van der Waals surface area contributed by atoms with Gasteiger partial charge in [-0.3, -0.25) is 0 Å². The van der Waals surface area contributed by atoms with E-state index in [4.69, 9.17) is 0 Å². The molecule has 0 fully saturated rings. The van der Waals surface area contributed by atoms with Crippen LogP contribution in [0.4, 0.5) is 0 Å². The fourth-order valence-corrected chi connectivity index (χ4v) is 0. The molecule has 4 heteroatoms. The van der Waals surface area contributed by atoms with Crippen LogP contribution >= 0.6 is 23.2 Å². The molecule has 0 bridgehead atoms. The zero-order valence-electron chi connectivity index (χ0n) is 3.13. The summed E-state index contributed by atoms with van der Waals surface area (Å²) in [5.74, 6) is 0. The molecule has 0 amide bonds. The molecule has 0 aromatic carbocycles. The normalized spacial score (nSPS) is 2.00. The van der Waals surface area contributed by atoms with Crippen LogP contribution < -0.4 is 12.4 Å². The molecule has 0 aromatic heterocycles. The Labute approximate surface area is 75.2 Å². The third-order valence-corrected chi connectivity index (χ3v) is 0. The first-order valence-corrected chi connectivity index (χ1v) is 1.60. The first-order chi connectivity index (χ1) is 2.00. The predicted molar refractivity (Wildman–Crippen MR) is 28.2 cm³/mol. The van der Waals surface area contributed by atoms with E-state index >= 15 is 0 Å². The summed E-state index contributed by atoms with van der Waals surface area (Å²) in [6.45, 7) is 0. The molecule has 0 saturated heterocycles. The van der Waals surface area contributed by atoms with E-state index in [-0.39, 0.29) is 39.7 Å². The summed E-state index contributed by atoms with van der Waals surface area (Å²) in [5, 5.41) is 0. The molecule has 0 aliphatic heterocycles. The molecule has 0 unspecified atom stereocenters. The Morgan fingerprint density at radius 3 is 0.833 bits per heavy atom. The minimum Gasteiger partial charge on any atom is -1.00 e. The van der Waals surface area contributed by atoms with Crippen molar-refractivity contribution in [3.63, 3.8) is 0 Å². The van der Waals surface area contributed by atoms with Crippen LogP contribution in [0.3, 0.4) is 0 Å². The molecular weight excluding hydrogens is 335 g/mol. The van der Waals surface area contributed by atoms with Gasteiger partial charge in [0.25, 0.3) is 0 Å². The van der Waals surface area contributed by atoms with Gasteiger partial charge in [0.2, 0.25) is 0 Å².